The number of carbonyl (C=O) groups is 2. The number of rotatable bonds is 6. The standard InChI is InChI=1S/C24H30N2O4S/c1-5-13-29-22(27)26-16-19(31-23(28)30-24(2,3)4)14-18(26)15-25-21-12-8-10-17-9-6-7-11-20(17)21/h5-12,18-19,25H,1,13-16H2,2-4H3/t18-,19-/m0/s1. The van der Waals surface area contributed by atoms with E-state index in [1.54, 1.807) is 11.0 Å². The van der Waals surface area contributed by atoms with Crippen molar-refractivity contribution < 1.29 is 19.1 Å². The first-order chi connectivity index (χ1) is 14.8. The van der Waals surface area contributed by atoms with Gasteiger partial charge < -0.3 is 19.7 Å². The van der Waals surface area contributed by atoms with E-state index < -0.39 is 11.7 Å². The van der Waals surface area contributed by atoms with E-state index in [1.807, 2.05) is 45.0 Å². The molecule has 3 rings (SSSR count). The van der Waals surface area contributed by atoms with Crippen LogP contribution in [0.1, 0.15) is 27.2 Å². The number of thioether (sulfide) groups is 1. The number of fused-ring (bicyclic) bond motifs is 1. The van der Waals surface area contributed by atoms with E-state index in [2.05, 4.69) is 30.1 Å². The number of ether oxygens (including phenoxy) is 2. The van der Waals surface area contributed by atoms with Crippen molar-refractivity contribution in [2.75, 3.05) is 25.0 Å². The van der Waals surface area contributed by atoms with E-state index >= 15 is 0 Å². The first-order valence-electron chi connectivity index (χ1n) is 10.4. The van der Waals surface area contributed by atoms with Gasteiger partial charge in [-0.25, -0.2) is 9.59 Å². The molecule has 2 atom stereocenters. The van der Waals surface area contributed by atoms with Gasteiger partial charge in [0.25, 0.3) is 0 Å². The zero-order chi connectivity index (χ0) is 22.4. The molecule has 1 fully saturated rings. The number of amides is 1. The van der Waals surface area contributed by atoms with E-state index in [1.165, 1.54) is 0 Å². The van der Waals surface area contributed by atoms with Gasteiger partial charge in [0.15, 0.2) is 0 Å². The van der Waals surface area contributed by atoms with Gasteiger partial charge in [-0.15, -0.1) is 0 Å². The third kappa shape index (κ3) is 6.40. The van der Waals surface area contributed by atoms with Crippen LogP contribution in [-0.4, -0.2) is 52.9 Å². The molecule has 7 heteroatoms. The Hall–Kier alpha value is -2.67. The molecule has 6 nitrogen and oxygen atoms in total. The fourth-order valence-corrected chi connectivity index (χ4v) is 4.73. The molecule has 0 spiro atoms. The fourth-order valence-electron chi connectivity index (χ4n) is 3.61. The molecule has 2 aromatic rings. The number of hydrogen-bond acceptors (Lipinski definition) is 6. The van der Waals surface area contributed by atoms with Gasteiger partial charge in [0.1, 0.15) is 12.2 Å². The summed E-state index contributed by atoms with van der Waals surface area (Å²) in [6.45, 7) is 10.3. The van der Waals surface area contributed by atoms with Crippen LogP contribution in [0.25, 0.3) is 10.8 Å². The summed E-state index contributed by atoms with van der Waals surface area (Å²) in [4.78, 5) is 26.6. The SMILES string of the molecule is C=CCOC(=O)N1C[C@@H](SC(=O)OC(C)(C)C)C[C@H]1CNc1cccc2ccccc12. The predicted octanol–water partition coefficient (Wildman–Crippen LogP) is 5.69. The molecule has 0 saturated carbocycles. The van der Waals surface area contributed by atoms with E-state index in [4.69, 9.17) is 9.47 Å². The molecule has 0 aliphatic carbocycles. The van der Waals surface area contributed by atoms with Crippen molar-refractivity contribution >= 4 is 39.6 Å². The molecule has 0 radical (unpaired) electrons. The molecule has 1 heterocycles. The third-order valence-corrected chi connectivity index (χ3v) is 5.86. The first kappa shape index (κ1) is 23.0. The Labute approximate surface area is 188 Å². The average molecular weight is 443 g/mol. The first-order valence-corrected chi connectivity index (χ1v) is 11.3. The quantitative estimate of drug-likeness (QED) is 0.458. The van der Waals surface area contributed by atoms with Crippen LogP contribution in [0.4, 0.5) is 15.3 Å². The van der Waals surface area contributed by atoms with Crippen LogP contribution in [0.15, 0.2) is 55.1 Å². The second kappa shape index (κ2) is 10.1. The van der Waals surface area contributed by atoms with Gasteiger partial charge in [0, 0.05) is 29.4 Å². The van der Waals surface area contributed by atoms with Gasteiger partial charge in [0.2, 0.25) is 0 Å². The lowest BCUT2D eigenvalue weighted by Crippen LogP contribution is -2.40. The van der Waals surface area contributed by atoms with Crippen LogP contribution in [-0.2, 0) is 9.47 Å². The molecule has 1 aliphatic heterocycles. The molecule has 166 valence electrons. The number of benzene rings is 2. The number of nitrogens with zero attached hydrogens (tertiary/aromatic N) is 1. The molecule has 1 N–H and O–H groups in total. The smallest absolute Gasteiger partial charge is 0.410 e. The minimum absolute atomic E-state index is 0.0505. The molecule has 1 aliphatic rings. The number of hydrogen-bond donors (Lipinski definition) is 1. The van der Waals surface area contributed by atoms with Gasteiger partial charge in [-0.1, -0.05) is 49.1 Å². The summed E-state index contributed by atoms with van der Waals surface area (Å²) in [7, 11) is 0. The monoisotopic (exact) mass is 442 g/mol. The molecular weight excluding hydrogens is 412 g/mol. The highest BCUT2D eigenvalue weighted by Crippen LogP contribution is 2.31. The van der Waals surface area contributed by atoms with Crippen LogP contribution in [0.3, 0.4) is 0 Å². The minimum Gasteiger partial charge on any atom is -0.452 e. The van der Waals surface area contributed by atoms with Crippen molar-refractivity contribution in [2.24, 2.45) is 0 Å². The Balaban J connectivity index is 1.69. The van der Waals surface area contributed by atoms with Gasteiger partial charge in [-0.3, -0.25) is 0 Å². The topological polar surface area (TPSA) is 67.9 Å². The van der Waals surface area contributed by atoms with Crippen LogP contribution in [0, 0.1) is 0 Å². The maximum atomic E-state index is 12.6. The van der Waals surface area contributed by atoms with Crippen molar-refractivity contribution in [2.45, 2.75) is 44.1 Å². The lowest BCUT2D eigenvalue weighted by Gasteiger charge is -2.24. The second-order valence-corrected chi connectivity index (χ2v) is 9.76. The van der Waals surface area contributed by atoms with Crippen molar-refractivity contribution in [3.05, 3.63) is 55.1 Å². The summed E-state index contributed by atoms with van der Waals surface area (Å²) in [5.74, 6) is 0. The van der Waals surface area contributed by atoms with E-state index in [-0.39, 0.29) is 23.2 Å². The summed E-state index contributed by atoms with van der Waals surface area (Å²) >= 11 is 1.15. The zero-order valence-electron chi connectivity index (χ0n) is 18.3. The molecule has 0 aromatic heterocycles. The van der Waals surface area contributed by atoms with Crippen LogP contribution in [0.5, 0.6) is 0 Å². The number of carbonyl (C=O) groups excluding carboxylic acids is 2. The predicted molar refractivity (Wildman–Crippen MR) is 127 cm³/mol. The minimum atomic E-state index is -0.541. The summed E-state index contributed by atoms with van der Waals surface area (Å²) in [5.41, 5.74) is 0.474. The number of anilines is 1. The van der Waals surface area contributed by atoms with Gasteiger partial charge >= 0.3 is 11.4 Å². The normalized spacial score (nSPS) is 18.6. The lowest BCUT2D eigenvalue weighted by molar-refractivity contribution is 0.0736. The molecule has 1 saturated heterocycles. The molecule has 0 unspecified atom stereocenters. The molecule has 1 amide bonds. The lowest BCUT2D eigenvalue weighted by atomic mass is 10.1. The van der Waals surface area contributed by atoms with Crippen LogP contribution in [0.2, 0.25) is 0 Å². The Bertz CT molecular complexity index is 935. The summed E-state index contributed by atoms with van der Waals surface area (Å²) in [5, 5.41) is 5.40. The Morgan fingerprint density at radius 3 is 2.71 bits per heavy atom. The van der Waals surface area contributed by atoms with Crippen molar-refractivity contribution in [1.82, 2.24) is 4.90 Å². The average Bonchev–Trinajstić information content (AvgIpc) is 3.11. The third-order valence-electron chi connectivity index (χ3n) is 4.91. The largest absolute Gasteiger partial charge is 0.452 e. The van der Waals surface area contributed by atoms with E-state index in [0.717, 1.165) is 28.2 Å². The number of nitrogens with one attached hydrogen (secondary N) is 1. The fraction of sp³-hybridized carbons (Fsp3) is 0.417. The maximum absolute atomic E-state index is 12.6. The van der Waals surface area contributed by atoms with Crippen molar-refractivity contribution in [1.29, 1.82) is 0 Å². The number of likely N-dealkylation sites (tertiary alicyclic amines) is 1. The molecule has 0 bridgehead atoms. The summed E-state index contributed by atoms with van der Waals surface area (Å²) in [6.07, 6.45) is 1.83. The van der Waals surface area contributed by atoms with Crippen LogP contribution < -0.4 is 5.32 Å². The van der Waals surface area contributed by atoms with E-state index in [9.17, 15) is 9.59 Å². The summed E-state index contributed by atoms with van der Waals surface area (Å²) < 4.78 is 10.7. The van der Waals surface area contributed by atoms with Crippen molar-refractivity contribution in [3.63, 3.8) is 0 Å². The van der Waals surface area contributed by atoms with Crippen LogP contribution >= 0.6 is 11.8 Å². The van der Waals surface area contributed by atoms with Gasteiger partial charge in [-0.2, -0.15) is 0 Å². The zero-order valence-corrected chi connectivity index (χ0v) is 19.1. The maximum Gasteiger partial charge on any atom is 0.410 e. The molecule has 2 aromatic carbocycles. The Morgan fingerprint density at radius 1 is 1.23 bits per heavy atom. The van der Waals surface area contributed by atoms with Gasteiger partial charge in [0.05, 0.1) is 6.04 Å². The molecular formula is C24H30N2O4S. The second-order valence-electron chi connectivity index (χ2n) is 8.52. The Morgan fingerprint density at radius 2 is 1.97 bits per heavy atom. The molecule has 31 heavy (non-hydrogen) atoms. The summed E-state index contributed by atoms with van der Waals surface area (Å²) in [6, 6.07) is 14.2. The highest BCUT2D eigenvalue weighted by molar-refractivity contribution is 8.13. The van der Waals surface area contributed by atoms with E-state index in [0.29, 0.717) is 19.5 Å². The van der Waals surface area contributed by atoms with Crippen molar-refractivity contribution in [3.8, 4) is 0 Å². The van der Waals surface area contributed by atoms with Gasteiger partial charge in [-0.05, 0) is 50.4 Å². The Kier molecular flexibility index (Phi) is 7.49. The highest BCUT2D eigenvalue weighted by atomic mass is 32.2. The highest BCUT2D eigenvalue weighted by Gasteiger charge is 2.38.